The van der Waals surface area contributed by atoms with Gasteiger partial charge in [-0.1, -0.05) is 17.7 Å². The van der Waals surface area contributed by atoms with Crippen molar-refractivity contribution in [3.63, 3.8) is 0 Å². The van der Waals surface area contributed by atoms with Gasteiger partial charge in [0.25, 0.3) is 0 Å². The van der Waals surface area contributed by atoms with Gasteiger partial charge in [-0.2, -0.15) is 26.3 Å². The smallest absolute Gasteiger partial charge is 0.327 e. The molecule has 1 nitrogen and oxygen atoms in total. The highest BCUT2D eigenvalue weighted by Gasteiger charge is 2.59. The zero-order chi connectivity index (χ0) is 15.7. The summed E-state index contributed by atoms with van der Waals surface area (Å²) in [6, 6.07) is 0.828. The van der Waals surface area contributed by atoms with Crippen LogP contribution >= 0.6 is 11.6 Å². The zero-order valence-electron chi connectivity index (χ0n) is 9.69. The SMILES string of the molecule is NC(Cc1c(F)cccc1Cl)C(C(F)(F)F)C(F)(F)F. The summed E-state index contributed by atoms with van der Waals surface area (Å²) in [6.07, 6.45) is -12.1. The number of halogens is 8. The minimum Gasteiger partial charge on any atom is -0.327 e. The molecule has 0 heterocycles. The molecule has 1 atom stereocenters. The molecular weight excluding hydrogens is 315 g/mol. The lowest BCUT2D eigenvalue weighted by Crippen LogP contribution is -2.49. The summed E-state index contributed by atoms with van der Waals surface area (Å²) in [4.78, 5) is 0. The van der Waals surface area contributed by atoms with Gasteiger partial charge in [-0.15, -0.1) is 0 Å². The molecule has 0 fully saturated rings. The van der Waals surface area contributed by atoms with E-state index in [-0.39, 0.29) is 5.02 Å². The van der Waals surface area contributed by atoms with Crippen molar-refractivity contribution in [2.75, 3.05) is 0 Å². The van der Waals surface area contributed by atoms with Crippen molar-refractivity contribution >= 4 is 11.6 Å². The van der Waals surface area contributed by atoms with Gasteiger partial charge >= 0.3 is 12.4 Å². The van der Waals surface area contributed by atoms with Crippen LogP contribution in [-0.4, -0.2) is 18.4 Å². The van der Waals surface area contributed by atoms with Crippen molar-refractivity contribution in [2.45, 2.75) is 24.8 Å². The van der Waals surface area contributed by atoms with Crippen molar-refractivity contribution < 1.29 is 30.7 Å². The van der Waals surface area contributed by atoms with E-state index in [0.717, 1.165) is 12.1 Å². The highest BCUT2D eigenvalue weighted by molar-refractivity contribution is 6.31. The molecule has 0 saturated carbocycles. The van der Waals surface area contributed by atoms with E-state index in [0.29, 0.717) is 0 Å². The summed E-state index contributed by atoms with van der Waals surface area (Å²) in [5.74, 6) is -4.75. The minimum atomic E-state index is -5.57. The molecule has 0 radical (unpaired) electrons. The maximum atomic E-state index is 13.4. The second-order valence-corrected chi connectivity index (χ2v) is 4.54. The molecule has 0 spiro atoms. The lowest BCUT2D eigenvalue weighted by molar-refractivity contribution is -0.289. The van der Waals surface area contributed by atoms with E-state index in [2.05, 4.69) is 0 Å². The number of hydrogen-bond acceptors (Lipinski definition) is 1. The summed E-state index contributed by atoms with van der Waals surface area (Å²) in [5, 5.41) is -0.274. The molecule has 0 aliphatic rings. The van der Waals surface area contributed by atoms with E-state index < -0.39 is 42.1 Å². The van der Waals surface area contributed by atoms with Crippen molar-refractivity contribution in [1.82, 2.24) is 0 Å². The second-order valence-electron chi connectivity index (χ2n) is 4.13. The van der Waals surface area contributed by atoms with Crippen LogP contribution in [0.5, 0.6) is 0 Å². The quantitative estimate of drug-likeness (QED) is 0.833. The van der Waals surface area contributed by atoms with Crippen LogP contribution in [0.1, 0.15) is 5.56 Å². The highest BCUT2D eigenvalue weighted by Crippen LogP contribution is 2.41. The molecule has 1 unspecified atom stereocenters. The van der Waals surface area contributed by atoms with Gasteiger partial charge in [0.1, 0.15) is 5.82 Å². The molecule has 0 saturated heterocycles. The summed E-state index contributed by atoms with van der Waals surface area (Å²) < 4.78 is 88.0. The molecule has 20 heavy (non-hydrogen) atoms. The Labute approximate surface area is 114 Å². The lowest BCUT2D eigenvalue weighted by Gasteiger charge is -2.28. The van der Waals surface area contributed by atoms with Gasteiger partial charge in [-0.3, -0.25) is 0 Å². The molecule has 0 bridgehead atoms. The Balaban J connectivity index is 3.07. The third-order valence-corrected chi connectivity index (χ3v) is 2.99. The van der Waals surface area contributed by atoms with E-state index in [1.165, 1.54) is 6.07 Å². The maximum Gasteiger partial charge on any atom is 0.402 e. The van der Waals surface area contributed by atoms with Crippen molar-refractivity contribution in [2.24, 2.45) is 11.7 Å². The largest absolute Gasteiger partial charge is 0.402 e. The number of rotatable bonds is 3. The first-order valence-electron chi connectivity index (χ1n) is 5.26. The Hall–Kier alpha value is -1.02. The number of benzene rings is 1. The molecule has 0 aliphatic carbocycles. The molecule has 0 amide bonds. The molecule has 1 rings (SSSR count). The topological polar surface area (TPSA) is 26.0 Å². The first kappa shape index (κ1) is 17.0. The van der Waals surface area contributed by atoms with Gasteiger partial charge in [0.2, 0.25) is 0 Å². The highest BCUT2D eigenvalue weighted by atomic mass is 35.5. The van der Waals surface area contributed by atoms with Crippen LogP contribution in [-0.2, 0) is 6.42 Å². The maximum absolute atomic E-state index is 13.4. The van der Waals surface area contributed by atoms with Gasteiger partial charge in [-0.05, 0) is 18.6 Å². The molecule has 1 aromatic carbocycles. The van der Waals surface area contributed by atoms with Crippen molar-refractivity contribution in [3.8, 4) is 0 Å². The Morgan fingerprint density at radius 3 is 1.95 bits per heavy atom. The fourth-order valence-electron chi connectivity index (χ4n) is 1.75. The fraction of sp³-hybridized carbons (Fsp3) is 0.455. The minimum absolute atomic E-state index is 0.274. The zero-order valence-corrected chi connectivity index (χ0v) is 10.5. The molecule has 0 aromatic heterocycles. The molecular formula is C11H9ClF7N. The van der Waals surface area contributed by atoms with Gasteiger partial charge in [0.05, 0.1) is 0 Å². The standard InChI is InChI=1S/C11H9ClF7N/c12-6-2-1-3-7(13)5(6)4-8(20)9(10(14,15)16)11(17,18)19/h1-3,8-9H,4,20H2. The average molecular weight is 324 g/mol. The first-order chi connectivity index (χ1) is 8.94. The molecule has 0 aliphatic heterocycles. The molecule has 9 heteroatoms. The van der Waals surface area contributed by atoms with Crippen LogP contribution in [0.3, 0.4) is 0 Å². The van der Waals surface area contributed by atoms with Crippen LogP contribution in [0.25, 0.3) is 0 Å². The van der Waals surface area contributed by atoms with Gasteiger partial charge in [0.15, 0.2) is 5.92 Å². The number of nitrogens with two attached hydrogens (primary N) is 1. The van der Waals surface area contributed by atoms with Crippen LogP contribution in [0.2, 0.25) is 5.02 Å². The summed E-state index contributed by atoms with van der Waals surface area (Å²) >= 11 is 5.55. The fourth-order valence-corrected chi connectivity index (χ4v) is 1.99. The lowest BCUT2D eigenvalue weighted by atomic mass is 9.93. The Bertz CT molecular complexity index is 435. The Morgan fingerprint density at radius 1 is 1.05 bits per heavy atom. The molecule has 114 valence electrons. The van der Waals surface area contributed by atoms with Crippen LogP contribution in [0, 0.1) is 11.7 Å². The predicted octanol–water partition coefficient (Wildman–Crippen LogP) is 4.09. The predicted molar refractivity (Wildman–Crippen MR) is 58.7 cm³/mol. The normalized spacial score (nSPS) is 14.7. The molecule has 2 N–H and O–H groups in total. The Morgan fingerprint density at radius 2 is 1.55 bits per heavy atom. The van der Waals surface area contributed by atoms with Crippen LogP contribution < -0.4 is 5.73 Å². The van der Waals surface area contributed by atoms with E-state index >= 15 is 0 Å². The van der Waals surface area contributed by atoms with Crippen molar-refractivity contribution in [3.05, 3.63) is 34.6 Å². The summed E-state index contributed by atoms with van der Waals surface area (Å²) in [6.45, 7) is 0. The number of alkyl halides is 6. The third-order valence-electron chi connectivity index (χ3n) is 2.63. The van der Waals surface area contributed by atoms with E-state index in [9.17, 15) is 30.7 Å². The van der Waals surface area contributed by atoms with E-state index in [1.54, 1.807) is 0 Å². The summed E-state index contributed by atoms with van der Waals surface area (Å²) in [5.41, 5.74) is 4.52. The third kappa shape index (κ3) is 3.99. The van der Waals surface area contributed by atoms with Gasteiger partial charge < -0.3 is 5.73 Å². The summed E-state index contributed by atoms with van der Waals surface area (Å²) in [7, 11) is 0. The average Bonchev–Trinajstić information content (AvgIpc) is 2.19. The van der Waals surface area contributed by atoms with E-state index in [1.807, 2.05) is 0 Å². The monoisotopic (exact) mass is 323 g/mol. The van der Waals surface area contributed by atoms with Crippen LogP contribution in [0.4, 0.5) is 30.7 Å². The Kier molecular flexibility index (Phi) is 4.91. The van der Waals surface area contributed by atoms with Crippen LogP contribution in [0.15, 0.2) is 18.2 Å². The van der Waals surface area contributed by atoms with Gasteiger partial charge in [0, 0.05) is 16.6 Å². The molecule has 1 aromatic rings. The van der Waals surface area contributed by atoms with Crippen molar-refractivity contribution in [1.29, 1.82) is 0 Å². The second kappa shape index (κ2) is 5.77. The first-order valence-corrected chi connectivity index (χ1v) is 5.64. The van der Waals surface area contributed by atoms with E-state index in [4.69, 9.17) is 17.3 Å². The number of hydrogen-bond donors (Lipinski definition) is 1. The van der Waals surface area contributed by atoms with Gasteiger partial charge in [-0.25, -0.2) is 4.39 Å².